The number of amides is 2. The molecule has 0 aromatic heterocycles. The lowest BCUT2D eigenvalue weighted by atomic mass is 10.2. The Hall–Kier alpha value is -1.84. The number of rotatable bonds is 8. The van der Waals surface area contributed by atoms with E-state index in [1.807, 2.05) is 0 Å². The molecule has 15 heavy (non-hydrogen) atoms. The van der Waals surface area contributed by atoms with Crippen LogP contribution in [0, 0.1) is 0 Å². The zero-order chi connectivity index (χ0) is 11.7. The standard InChI is InChI=1S/C11H15N2O2/c1-4-7-12-11(15)10(6-3)13(9-14)8-5-2/h4-6,10H,1-3,7-8H2,(H,12,15). The van der Waals surface area contributed by atoms with Gasteiger partial charge in [0.1, 0.15) is 6.04 Å². The predicted octanol–water partition coefficient (Wildman–Crippen LogP) is 0.398. The van der Waals surface area contributed by atoms with Crippen LogP contribution in [0.3, 0.4) is 0 Å². The molecule has 0 fully saturated rings. The lowest BCUT2D eigenvalue weighted by Crippen LogP contribution is -2.45. The van der Waals surface area contributed by atoms with Gasteiger partial charge < -0.3 is 10.2 Å². The Morgan fingerprint density at radius 3 is 2.47 bits per heavy atom. The molecule has 4 nitrogen and oxygen atoms in total. The fraction of sp³-hybridized carbons (Fsp3) is 0.273. The minimum absolute atomic E-state index is 0.252. The van der Waals surface area contributed by atoms with Crippen molar-refractivity contribution >= 4 is 12.3 Å². The van der Waals surface area contributed by atoms with Crippen LogP contribution in [-0.2, 0) is 9.59 Å². The number of nitrogens with one attached hydrogen (secondary N) is 1. The zero-order valence-electron chi connectivity index (χ0n) is 8.61. The maximum Gasteiger partial charge on any atom is 0.313 e. The van der Waals surface area contributed by atoms with Crippen LogP contribution in [0.15, 0.2) is 38.0 Å². The van der Waals surface area contributed by atoms with Crippen molar-refractivity contribution in [1.82, 2.24) is 10.2 Å². The number of hydrogen-bond donors (Lipinski definition) is 1. The molecule has 1 N–H and O–H groups in total. The van der Waals surface area contributed by atoms with Gasteiger partial charge in [0.15, 0.2) is 0 Å². The minimum atomic E-state index is -0.722. The van der Waals surface area contributed by atoms with Crippen molar-refractivity contribution in [2.75, 3.05) is 13.1 Å². The third-order valence-corrected chi connectivity index (χ3v) is 1.69. The van der Waals surface area contributed by atoms with Gasteiger partial charge in [-0.25, -0.2) is 0 Å². The molecule has 0 saturated carbocycles. The molecule has 0 aliphatic carbocycles. The van der Waals surface area contributed by atoms with Crippen LogP contribution >= 0.6 is 0 Å². The fourth-order valence-corrected chi connectivity index (χ4v) is 1.000. The van der Waals surface area contributed by atoms with Crippen molar-refractivity contribution in [3.63, 3.8) is 0 Å². The molecule has 0 aromatic carbocycles. The van der Waals surface area contributed by atoms with Crippen molar-refractivity contribution < 1.29 is 9.59 Å². The number of carbonyl (C=O) groups excluding carboxylic acids is 2. The molecule has 2 amide bonds. The summed E-state index contributed by atoms with van der Waals surface area (Å²) in [7, 11) is 0. The van der Waals surface area contributed by atoms with Gasteiger partial charge in [-0.3, -0.25) is 9.59 Å². The Labute approximate surface area is 90.0 Å². The molecule has 0 bridgehead atoms. The van der Waals surface area contributed by atoms with Gasteiger partial charge in [-0.15, -0.1) is 19.7 Å². The van der Waals surface area contributed by atoms with E-state index in [2.05, 4.69) is 25.1 Å². The zero-order valence-corrected chi connectivity index (χ0v) is 8.61. The topological polar surface area (TPSA) is 49.4 Å². The average molecular weight is 207 g/mol. The van der Waals surface area contributed by atoms with Crippen LogP contribution in [0.25, 0.3) is 0 Å². The van der Waals surface area contributed by atoms with Gasteiger partial charge in [0.2, 0.25) is 5.91 Å². The molecule has 0 rings (SSSR count). The van der Waals surface area contributed by atoms with E-state index in [9.17, 15) is 9.59 Å². The molecular weight excluding hydrogens is 192 g/mol. The highest BCUT2D eigenvalue weighted by atomic mass is 16.2. The molecule has 0 spiro atoms. The van der Waals surface area contributed by atoms with Crippen LogP contribution in [0.2, 0.25) is 0 Å². The number of nitrogens with zero attached hydrogens (tertiary/aromatic N) is 1. The van der Waals surface area contributed by atoms with Gasteiger partial charge in [0.05, 0.1) is 0 Å². The van der Waals surface area contributed by atoms with E-state index in [0.29, 0.717) is 6.54 Å². The maximum absolute atomic E-state index is 11.5. The normalized spacial score (nSPS) is 10.9. The first-order chi connectivity index (χ1) is 7.21. The van der Waals surface area contributed by atoms with Gasteiger partial charge in [-0.2, -0.15) is 0 Å². The van der Waals surface area contributed by atoms with Crippen LogP contribution < -0.4 is 5.32 Å². The predicted molar refractivity (Wildman–Crippen MR) is 59.8 cm³/mol. The fourth-order valence-electron chi connectivity index (χ4n) is 1.000. The summed E-state index contributed by atoms with van der Waals surface area (Å²) < 4.78 is 0. The SMILES string of the molecule is C=CCNC(=O)C(C=C)N([C]=O)CC=C. The first-order valence-electron chi connectivity index (χ1n) is 4.47. The summed E-state index contributed by atoms with van der Waals surface area (Å²) >= 11 is 0. The second kappa shape index (κ2) is 7.55. The second-order valence-electron chi connectivity index (χ2n) is 2.75. The van der Waals surface area contributed by atoms with Crippen molar-refractivity contribution in [2.45, 2.75) is 6.04 Å². The summed E-state index contributed by atoms with van der Waals surface area (Å²) in [5, 5.41) is 2.57. The highest BCUT2D eigenvalue weighted by Gasteiger charge is 2.20. The Balaban J connectivity index is 4.48. The molecule has 1 radical (unpaired) electrons. The summed E-state index contributed by atoms with van der Waals surface area (Å²) in [6.07, 6.45) is 6.12. The lowest BCUT2D eigenvalue weighted by molar-refractivity contribution is -0.123. The van der Waals surface area contributed by atoms with Crippen LogP contribution in [0.4, 0.5) is 0 Å². The van der Waals surface area contributed by atoms with E-state index < -0.39 is 6.04 Å². The summed E-state index contributed by atoms with van der Waals surface area (Å²) in [6, 6.07) is -0.722. The molecular formula is C11H15N2O2. The highest BCUT2D eigenvalue weighted by Crippen LogP contribution is 1.98. The van der Waals surface area contributed by atoms with E-state index in [1.165, 1.54) is 17.1 Å². The Morgan fingerprint density at radius 1 is 1.40 bits per heavy atom. The Morgan fingerprint density at radius 2 is 2.07 bits per heavy atom. The third kappa shape index (κ3) is 4.26. The molecule has 1 unspecified atom stereocenters. The minimum Gasteiger partial charge on any atom is -0.351 e. The monoisotopic (exact) mass is 207 g/mol. The first-order valence-corrected chi connectivity index (χ1v) is 4.47. The van der Waals surface area contributed by atoms with Crippen molar-refractivity contribution in [2.24, 2.45) is 0 Å². The molecule has 1 atom stereocenters. The molecule has 0 aromatic rings. The second-order valence-corrected chi connectivity index (χ2v) is 2.75. The van der Waals surface area contributed by atoms with Gasteiger partial charge in [0, 0.05) is 13.1 Å². The highest BCUT2D eigenvalue weighted by molar-refractivity contribution is 5.85. The maximum atomic E-state index is 11.5. The molecule has 0 aliphatic heterocycles. The summed E-state index contributed by atoms with van der Waals surface area (Å²) in [5.41, 5.74) is 0. The molecule has 0 aliphatic rings. The van der Waals surface area contributed by atoms with Crippen molar-refractivity contribution in [3.05, 3.63) is 38.0 Å². The largest absolute Gasteiger partial charge is 0.351 e. The van der Waals surface area contributed by atoms with Gasteiger partial charge in [-0.05, 0) is 0 Å². The van der Waals surface area contributed by atoms with E-state index >= 15 is 0 Å². The van der Waals surface area contributed by atoms with E-state index in [0.717, 1.165) is 0 Å². The number of carbonyl (C=O) groups is 1. The van der Waals surface area contributed by atoms with E-state index in [4.69, 9.17) is 0 Å². The third-order valence-electron chi connectivity index (χ3n) is 1.69. The van der Waals surface area contributed by atoms with E-state index in [-0.39, 0.29) is 12.5 Å². The van der Waals surface area contributed by atoms with Gasteiger partial charge in [-0.1, -0.05) is 18.2 Å². The van der Waals surface area contributed by atoms with Crippen LogP contribution in [-0.4, -0.2) is 36.3 Å². The molecule has 81 valence electrons. The van der Waals surface area contributed by atoms with E-state index in [1.54, 1.807) is 12.5 Å². The van der Waals surface area contributed by atoms with Crippen LogP contribution in [0.1, 0.15) is 0 Å². The molecule has 0 heterocycles. The first kappa shape index (κ1) is 13.2. The summed E-state index contributed by atoms with van der Waals surface area (Å²) in [6.45, 7) is 11.1. The van der Waals surface area contributed by atoms with Gasteiger partial charge >= 0.3 is 6.41 Å². The van der Waals surface area contributed by atoms with Crippen LogP contribution in [0.5, 0.6) is 0 Å². The summed E-state index contributed by atoms with van der Waals surface area (Å²) in [4.78, 5) is 23.3. The average Bonchev–Trinajstić information content (AvgIpc) is 2.26. The quantitative estimate of drug-likeness (QED) is 0.462. The van der Waals surface area contributed by atoms with Crippen molar-refractivity contribution in [3.8, 4) is 0 Å². The summed E-state index contributed by atoms with van der Waals surface area (Å²) in [5.74, 6) is -0.310. The smallest absolute Gasteiger partial charge is 0.313 e. The number of hydrogen-bond acceptors (Lipinski definition) is 2. The molecule has 0 saturated heterocycles. The van der Waals surface area contributed by atoms with Gasteiger partial charge in [0.25, 0.3) is 0 Å². The Bertz CT molecular complexity index is 261. The van der Waals surface area contributed by atoms with Crippen molar-refractivity contribution in [1.29, 1.82) is 0 Å². The molecule has 4 heteroatoms. The lowest BCUT2D eigenvalue weighted by Gasteiger charge is -2.22. The Kier molecular flexibility index (Phi) is 6.63.